The Morgan fingerprint density at radius 3 is 2.07 bits per heavy atom. The van der Waals surface area contributed by atoms with Crippen LogP contribution in [0.2, 0.25) is 0 Å². The normalized spacial score (nSPS) is 10.3. The molecule has 1 aromatic rings. The molecule has 0 radical (unpaired) electrons. The van der Waals surface area contributed by atoms with E-state index in [9.17, 15) is 4.39 Å². The van der Waals surface area contributed by atoms with Crippen molar-refractivity contribution in [1.82, 2.24) is 0 Å². The van der Waals surface area contributed by atoms with Crippen LogP contribution in [0.5, 0.6) is 0 Å². The van der Waals surface area contributed by atoms with Crippen molar-refractivity contribution in [3.63, 3.8) is 0 Å². The molecule has 0 unspecified atom stereocenters. The molecular formula is C6H7BrFNO4S. The summed E-state index contributed by atoms with van der Waals surface area (Å²) in [6.07, 6.45) is 0. The molecule has 0 atom stereocenters. The van der Waals surface area contributed by atoms with Gasteiger partial charge in [0.25, 0.3) is 0 Å². The fraction of sp³-hybridized carbons (Fsp3) is 0. The van der Waals surface area contributed by atoms with Crippen LogP contribution in [0.1, 0.15) is 0 Å². The Bertz CT molecular complexity index is 400. The van der Waals surface area contributed by atoms with Crippen LogP contribution in [0.3, 0.4) is 0 Å². The number of rotatable bonds is 0. The first-order valence-corrected chi connectivity index (χ1v) is 5.29. The van der Waals surface area contributed by atoms with Crippen molar-refractivity contribution < 1.29 is 21.9 Å². The Hall–Kier alpha value is -0.700. The standard InChI is InChI=1S/C6H5BrFN.H2O4S/c7-4-1-2-6(9)5(8)3-4;1-5(2,3)4/h1-3H,9H2;(H2,1,2,3,4). The van der Waals surface area contributed by atoms with Gasteiger partial charge in [-0.2, -0.15) is 8.42 Å². The summed E-state index contributed by atoms with van der Waals surface area (Å²) < 4.78 is 44.7. The molecule has 5 nitrogen and oxygen atoms in total. The fourth-order valence-corrected chi connectivity index (χ4v) is 0.835. The largest absolute Gasteiger partial charge is 0.396 e. The van der Waals surface area contributed by atoms with E-state index in [2.05, 4.69) is 15.9 Å². The smallest absolute Gasteiger partial charge is 0.394 e. The molecule has 0 amide bonds. The van der Waals surface area contributed by atoms with E-state index in [1.54, 1.807) is 6.07 Å². The van der Waals surface area contributed by atoms with Gasteiger partial charge >= 0.3 is 10.4 Å². The van der Waals surface area contributed by atoms with Gasteiger partial charge in [0.1, 0.15) is 5.82 Å². The number of nitrogens with two attached hydrogens (primary N) is 1. The summed E-state index contributed by atoms with van der Waals surface area (Å²) in [4.78, 5) is 0. The maximum atomic E-state index is 12.4. The molecular weight excluding hydrogens is 281 g/mol. The van der Waals surface area contributed by atoms with E-state index in [4.69, 9.17) is 23.3 Å². The molecule has 0 heterocycles. The van der Waals surface area contributed by atoms with Crippen molar-refractivity contribution in [3.8, 4) is 0 Å². The van der Waals surface area contributed by atoms with Crippen molar-refractivity contribution in [2.24, 2.45) is 0 Å². The van der Waals surface area contributed by atoms with Crippen LogP contribution in [-0.4, -0.2) is 17.5 Å². The summed E-state index contributed by atoms with van der Waals surface area (Å²) in [7, 11) is -4.67. The molecule has 0 spiro atoms. The van der Waals surface area contributed by atoms with E-state index < -0.39 is 10.4 Å². The average Bonchev–Trinajstić information content (AvgIpc) is 1.94. The molecule has 14 heavy (non-hydrogen) atoms. The summed E-state index contributed by atoms with van der Waals surface area (Å²) in [5.74, 6) is -0.385. The molecule has 0 aliphatic heterocycles. The molecule has 1 aromatic carbocycles. The number of halogens is 2. The third-order valence-electron chi connectivity index (χ3n) is 0.962. The van der Waals surface area contributed by atoms with Gasteiger partial charge in [0, 0.05) is 4.47 Å². The minimum absolute atomic E-state index is 0.179. The highest BCUT2D eigenvalue weighted by Gasteiger charge is 1.95. The van der Waals surface area contributed by atoms with Crippen molar-refractivity contribution >= 4 is 32.0 Å². The predicted octanol–water partition coefficient (Wildman–Crippen LogP) is 1.52. The summed E-state index contributed by atoms with van der Waals surface area (Å²) in [6.45, 7) is 0. The van der Waals surface area contributed by atoms with Crippen molar-refractivity contribution in [2.45, 2.75) is 0 Å². The number of benzene rings is 1. The lowest BCUT2D eigenvalue weighted by Gasteiger charge is -1.93. The lowest BCUT2D eigenvalue weighted by molar-refractivity contribution is 0.381. The van der Waals surface area contributed by atoms with E-state index in [-0.39, 0.29) is 11.5 Å². The van der Waals surface area contributed by atoms with E-state index in [1.807, 2.05) is 0 Å². The summed E-state index contributed by atoms with van der Waals surface area (Å²) in [5.41, 5.74) is 5.37. The van der Waals surface area contributed by atoms with Gasteiger partial charge in [-0.05, 0) is 18.2 Å². The third-order valence-corrected chi connectivity index (χ3v) is 1.46. The number of anilines is 1. The highest BCUT2D eigenvalue weighted by Crippen LogP contribution is 2.15. The van der Waals surface area contributed by atoms with Gasteiger partial charge in [0.2, 0.25) is 0 Å². The molecule has 0 aromatic heterocycles. The highest BCUT2D eigenvalue weighted by molar-refractivity contribution is 9.10. The van der Waals surface area contributed by atoms with E-state index in [0.717, 1.165) is 0 Å². The average molecular weight is 288 g/mol. The Morgan fingerprint density at radius 2 is 1.79 bits per heavy atom. The van der Waals surface area contributed by atoms with Crippen LogP contribution in [0, 0.1) is 5.82 Å². The van der Waals surface area contributed by atoms with Gasteiger partial charge in [-0.1, -0.05) is 15.9 Å². The SMILES string of the molecule is Nc1ccc(Br)cc1F.O=S(=O)(O)O. The zero-order valence-electron chi connectivity index (χ0n) is 6.68. The van der Waals surface area contributed by atoms with Gasteiger partial charge in [-0.15, -0.1) is 0 Å². The van der Waals surface area contributed by atoms with Crippen LogP contribution in [0.15, 0.2) is 22.7 Å². The van der Waals surface area contributed by atoms with Gasteiger partial charge < -0.3 is 5.73 Å². The predicted molar refractivity (Wildman–Crippen MR) is 52.7 cm³/mol. The van der Waals surface area contributed by atoms with Crippen LogP contribution < -0.4 is 5.73 Å². The number of hydrogen-bond acceptors (Lipinski definition) is 3. The molecule has 0 aliphatic rings. The lowest BCUT2D eigenvalue weighted by Crippen LogP contribution is -1.89. The first kappa shape index (κ1) is 13.3. The zero-order chi connectivity index (χ0) is 11.4. The second-order valence-electron chi connectivity index (χ2n) is 2.11. The number of nitrogen functional groups attached to an aromatic ring is 1. The van der Waals surface area contributed by atoms with Gasteiger partial charge in [0.15, 0.2) is 0 Å². The first-order valence-electron chi connectivity index (χ1n) is 3.10. The summed E-state index contributed by atoms with van der Waals surface area (Å²) in [5, 5.41) is 0. The monoisotopic (exact) mass is 287 g/mol. The maximum Gasteiger partial charge on any atom is 0.394 e. The number of hydrogen-bond donors (Lipinski definition) is 3. The second-order valence-corrected chi connectivity index (χ2v) is 3.93. The zero-order valence-corrected chi connectivity index (χ0v) is 9.09. The van der Waals surface area contributed by atoms with Crippen LogP contribution in [0.4, 0.5) is 10.1 Å². The minimum Gasteiger partial charge on any atom is -0.396 e. The minimum atomic E-state index is -4.67. The molecule has 0 aliphatic carbocycles. The molecule has 0 saturated carbocycles. The Kier molecular flexibility index (Phi) is 4.99. The molecule has 4 N–H and O–H groups in total. The van der Waals surface area contributed by atoms with Crippen molar-refractivity contribution in [1.29, 1.82) is 0 Å². The highest BCUT2D eigenvalue weighted by atomic mass is 79.9. The maximum absolute atomic E-state index is 12.4. The quantitative estimate of drug-likeness (QED) is 0.496. The topological polar surface area (TPSA) is 101 Å². The molecule has 0 saturated heterocycles. The van der Waals surface area contributed by atoms with E-state index >= 15 is 0 Å². The molecule has 0 bridgehead atoms. The van der Waals surface area contributed by atoms with Crippen molar-refractivity contribution in [2.75, 3.05) is 5.73 Å². The van der Waals surface area contributed by atoms with E-state index in [0.29, 0.717) is 4.47 Å². The van der Waals surface area contributed by atoms with Crippen LogP contribution in [0.25, 0.3) is 0 Å². The summed E-state index contributed by atoms with van der Waals surface area (Å²) in [6, 6.07) is 4.53. The van der Waals surface area contributed by atoms with E-state index in [1.165, 1.54) is 12.1 Å². The third kappa shape index (κ3) is 7.92. The molecule has 1 rings (SSSR count). The van der Waals surface area contributed by atoms with Crippen molar-refractivity contribution in [3.05, 3.63) is 28.5 Å². The second kappa shape index (κ2) is 5.25. The van der Waals surface area contributed by atoms with Gasteiger partial charge in [-0.25, -0.2) is 4.39 Å². The summed E-state index contributed by atoms with van der Waals surface area (Å²) >= 11 is 3.10. The molecule has 0 fully saturated rings. The Balaban J connectivity index is 0.000000292. The molecule has 8 heteroatoms. The first-order chi connectivity index (χ1) is 6.20. The fourth-order valence-electron chi connectivity index (χ4n) is 0.502. The van der Waals surface area contributed by atoms with Crippen LogP contribution >= 0.6 is 15.9 Å². The van der Waals surface area contributed by atoms with Crippen LogP contribution in [-0.2, 0) is 10.4 Å². The molecule has 80 valence electrons. The van der Waals surface area contributed by atoms with Gasteiger partial charge in [0.05, 0.1) is 5.69 Å². The Morgan fingerprint density at radius 1 is 1.36 bits per heavy atom. The Labute approximate surface area is 88.4 Å². The lowest BCUT2D eigenvalue weighted by atomic mass is 10.3. The van der Waals surface area contributed by atoms with Gasteiger partial charge in [-0.3, -0.25) is 9.11 Å².